The first kappa shape index (κ1) is 37.6. The zero-order valence-electron chi connectivity index (χ0n) is 40.0. The maximum absolute atomic E-state index is 4.35. The van der Waals surface area contributed by atoms with Gasteiger partial charge in [-0.3, -0.25) is 0 Å². The van der Waals surface area contributed by atoms with E-state index in [4.69, 9.17) is 0 Å². The van der Waals surface area contributed by atoms with Crippen LogP contribution in [-0.2, 0) is 0 Å². The van der Waals surface area contributed by atoms with Gasteiger partial charge in [0.05, 0.1) is 45.6 Å². The SMILES string of the molecule is c1cc2c3c(cccc3c1)-c1c-2c[nH]c1-c1[nH]c(-c2[nH]c(-c3[nH]c(-c4[nH]cc5c4-c4cccc6cccc-5c46)c4c3-c3cccc5cccc-4c35)c3c2-c2cccc4cccc-3c24)c2c1-c1cccc3cccc-2c13. The van der Waals surface area contributed by atoms with Gasteiger partial charge in [0, 0.05) is 68.0 Å². The lowest BCUT2D eigenvalue weighted by Gasteiger charge is -2.10. The highest BCUT2D eigenvalue weighted by Crippen LogP contribution is 2.64. The number of rotatable bonds is 4. The van der Waals surface area contributed by atoms with Crippen molar-refractivity contribution < 1.29 is 0 Å². The van der Waals surface area contributed by atoms with Crippen molar-refractivity contribution in [1.82, 2.24) is 24.9 Å². The van der Waals surface area contributed by atoms with E-state index in [0.717, 1.165) is 45.6 Å². The van der Waals surface area contributed by atoms with Gasteiger partial charge in [-0.2, -0.15) is 0 Å². The molecule has 0 unspecified atom stereocenters. The van der Waals surface area contributed by atoms with E-state index in [1.54, 1.807) is 0 Å². The fourth-order valence-electron chi connectivity index (χ4n) is 15.3. The van der Waals surface area contributed by atoms with Crippen LogP contribution in [0.1, 0.15) is 0 Å². The molecule has 0 aliphatic heterocycles. The molecule has 0 amide bonds. The Balaban J connectivity index is 0.903. The Bertz CT molecular complexity index is 4910. The van der Waals surface area contributed by atoms with Crippen LogP contribution in [0.4, 0.5) is 0 Å². The lowest BCUT2D eigenvalue weighted by molar-refractivity contribution is 1.28. The van der Waals surface area contributed by atoms with Gasteiger partial charge in [-0.25, -0.2) is 0 Å². The molecule has 5 aromatic heterocycles. The summed E-state index contributed by atoms with van der Waals surface area (Å²) in [4.78, 5) is 20.7. The van der Waals surface area contributed by atoms with Crippen molar-refractivity contribution in [3.8, 4) is 157 Å². The standard InChI is InChI=1S/C70H37N5/c1-11-33-13-3-23-40-50(33)38(21-1)48-31-71-63(55(40)48)65-57-42-25-5-15-35-17-7-27-44(52(35)42)59(57)67(73-65)69-61-46-29-9-19-37-20-10-30-47(54(37)46)62(61)70(75-69)68-60-45-28-8-18-36-16-6-26-43(53(36)45)58(60)66(74-68)64-56-41-24-4-14-34-12-2-22-39(51(34)41)49(56)32-72-64/h1-32,71-75H. The normalized spacial score (nSPS) is 13.1. The molecule has 75 heavy (non-hydrogen) atoms. The molecule has 5 aliphatic rings. The van der Waals surface area contributed by atoms with Gasteiger partial charge in [0.1, 0.15) is 0 Å². The minimum atomic E-state index is 1.09. The summed E-state index contributed by atoms with van der Waals surface area (Å²) in [7, 11) is 0. The number of hydrogen-bond donors (Lipinski definition) is 5. The molecule has 0 saturated heterocycles. The van der Waals surface area contributed by atoms with Crippen LogP contribution in [0, 0.1) is 0 Å². The van der Waals surface area contributed by atoms with Gasteiger partial charge in [0.2, 0.25) is 0 Å². The molecule has 0 atom stereocenters. The largest absolute Gasteiger partial charge is 0.359 e. The topological polar surface area (TPSA) is 78.9 Å². The summed E-state index contributed by atoms with van der Waals surface area (Å²) in [6, 6.07) is 68.0. The summed E-state index contributed by atoms with van der Waals surface area (Å²) < 4.78 is 0. The van der Waals surface area contributed by atoms with Crippen LogP contribution < -0.4 is 0 Å². The first-order valence-corrected chi connectivity index (χ1v) is 26.1. The van der Waals surface area contributed by atoms with Gasteiger partial charge < -0.3 is 24.9 Å². The third-order valence-electron chi connectivity index (χ3n) is 18.0. The van der Waals surface area contributed by atoms with E-state index < -0.39 is 0 Å². The van der Waals surface area contributed by atoms with Crippen molar-refractivity contribution in [1.29, 1.82) is 0 Å². The highest BCUT2D eigenvalue weighted by atomic mass is 14.9. The molecule has 0 radical (unpaired) electrons. The number of hydrogen-bond acceptors (Lipinski definition) is 0. The van der Waals surface area contributed by atoms with Crippen LogP contribution in [0.2, 0.25) is 0 Å². The van der Waals surface area contributed by atoms with Crippen molar-refractivity contribution in [2.45, 2.75) is 0 Å². The van der Waals surface area contributed by atoms with Crippen LogP contribution in [0.3, 0.4) is 0 Å². The number of benzene rings is 10. The molecular formula is C70H37N5. The molecule has 15 aromatic rings. The minimum absolute atomic E-state index is 1.09. The van der Waals surface area contributed by atoms with E-state index in [2.05, 4.69) is 219 Å². The van der Waals surface area contributed by atoms with Crippen molar-refractivity contribution in [3.05, 3.63) is 194 Å². The number of aromatic amines is 5. The molecule has 10 aromatic carbocycles. The summed E-state index contributed by atoms with van der Waals surface area (Å²) in [5, 5.41) is 12.8. The number of nitrogens with one attached hydrogen (secondary N) is 5. The maximum atomic E-state index is 4.35. The monoisotopic (exact) mass is 947 g/mol. The zero-order chi connectivity index (χ0) is 48.1. The van der Waals surface area contributed by atoms with Crippen LogP contribution in [0.15, 0.2) is 194 Å². The Morgan fingerprint density at radius 3 is 0.627 bits per heavy atom. The first-order chi connectivity index (χ1) is 37.2. The van der Waals surface area contributed by atoms with Crippen molar-refractivity contribution in [2.75, 3.05) is 0 Å². The highest BCUT2D eigenvalue weighted by Gasteiger charge is 2.41. The highest BCUT2D eigenvalue weighted by molar-refractivity contribution is 6.29. The molecule has 5 N–H and O–H groups in total. The molecule has 5 heteroatoms. The number of aromatic nitrogens is 5. The predicted octanol–water partition coefficient (Wildman–Crippen LogP) is 19.0. The Labute approximate surface area is 427 Å². The minimum Gasteiger partial charge on any atom is -0.359 e. The molecule has 5 nitrogen and oxygen atoms in total. The summed E-state index contributed by atoms with van der Waals surface area (Å²) in [6.07, 6.45) is 4.47. The van der Waals surface area contributed by atoms with E-state index in [9.17, 15) is 0 Å². The predicted molar refractivity (Wildman–Crippen MR) is 310 cm³/mol. The van der Waals surface area contributed by atoms with Gasteiger partial charge in [0.15, 0.2) is 0 Å². The third kappa shape index (κ3) is 4.25. The van der Waals surface area contributed by atoms with E-state index in [-0.39, 0.29) is 0 Å². The van der Waals surface area contributed by atoms with E-state index >= 15 is 0 Å². The van der Waals surface area contributed by atoms with Crippen LogP contribution in [0.5, 0.6) is 0 Å². The Kier molecular flexibility index (Phi) is 6.39. The van der Waals surface area contributed by atoms with Gasteiger partial charge in [-0.05, 0) is 109 Å². The van der Waals surface area contributed by atoms with Crippen molar-refractivity contribution in [3.63, 3.8) is 0 Å². The summed E-state index contributed by atoms with van der Waals surface area (Å²) >= 11 is 0. The Morgan fingerprint density at radius 2 is 0.373 bits per heavy atom. The summed E-state index contributed by atoms with van der Waals surface area (Å²) in [6.45, 7) is 0. The average molecular weight is 948 g/mol. The van der Waals surface area contributed by atoms with Gasteiger partial charge in [-0.1, -0.05) is 182 Å². The Morgan fingerprint density at radius 1 is 0.173 bits per heavy atom. The fourth-order valence-corrected chi connectivity index (χ4v) is 15.3. The summed E-state index contributed by atoms with van der Waals surface area (Å²) in [5.74, 6) is 0. The smallest absolute Gasteiger partial charge is 0.0717 e. The van der Waals surface area contributed by atoms with Crippen molar-refractivity contribution >= 4 is 53.9 Å². The van der Waals surface area contributed by atoms with E-state index in [0.29, 0.717) is 0 Å². The molecule has 0 fully saturated rings. The average Bonchev–Trinajstić information content (AvgIpc) is 4.44. The van der Waals surface area contributed by atoms with Gasteiger partial charge in [-0.15, -0.1) is 0 Å². The molecule has 5 aliphatic carbocycles. The van der Waals surface area contributed by atoms with E-state index in [1.807, 2.05) is 0 Å². The van der Waals surface area contributed by atoms with Crippen LogP contribution in [0.25, 0.3) is 211 Å². The van der Waals surface area contributed by atoms with Crippen LogP contribution in [-0.4, -0.2) is 24.9 Å². The maximum Gasteiger partial charge on any atom is 0.0717 e. The quantitative estimate of drug-likeness (QED) is 0.117. The molecule has 0 spiro atoms. The Hall–Kier alpha value is -10.1. The summed E-state index contributed by atoms with van der Waals surface area (Å²) in [5.41, 5.74) is 33.9. The first-order valence-electron chi connectivity index (χ1n) is 26.1. The second kappa shape index (κ2) is 12.7. The van der Waals surface area contributed by atoms with Crippen molar-refractivity contribution in [2.24, 2.45) is 0 Å². The zero-order valence-corrected chi connectivity index (χ0v) is 40.0. The molecule has 5 heterocycles. The number of fused-ring (bicyclic) bond motifs is 15. The second-order valence-corrected chi connectivity index (χ2v) is 21.3. The van der Waals surface area contributed by atoms with E-state index in [1.165, 1.54) is 165 Å². The molecular weight excluding hydrogens is 911 g/mol. The molecule has 0 bridgehead atoms. The number of H-pyrrole nitrogens is 5. The van der Waals surface area contributed by atoms with Gasteiger partial charge in [0.25, 0.3) is 0 Å². The molecule has 342 valence electrons. The van der Waals surface area contributed by atoms with Gasteiger partial charge >= 0.3 is 0 Å². The van der Waals surface area contributed by atoms with Crippen LogP contribution >= 0.6 is 0 Å². The fraction of sp³-hybridized carbons (Fsp3) is 0. The second-order valence-electron chi connectivity index (χ2n) is 21.3. The molecule has 0 saturated carbocycles. The lowest BCUT2D eigenvalue weighted by Crippen LogP contribution is -1.90. The third-order valence-corrected chi connectivity index (χ3v) is 18.0. The lowest BCUT2D eigenvalue weighted by atomic mass is 9.96. The molecule has 20 rings (SSSR count).